The van der Waals surface area contributed by atoms with Crippen LogP contribution in [0.25, 0.3) is 6.08 Å². The average molecular weight is 597 g/mol. The van der Waals surface area contributed by atoms with Crippen LogP contribution in [0, 0.1) is 5.92 Å². The molecule has 4 atom stereocenters. The Bertz CT molecular complexity index is 1950. The van der Waals surface area contributed by atoms with Crippen molar-refractivity contribution in [1.29, 1.82) is 0 Å². The summed E-state index contributed by atoms with van der Waals surface area (Å²) in [6.45, 7) is 3.99. The predicted octanol–water partition coefficient (Wildman–Crippen LogP) is 5.96. The standard InChI is InChI=1S/C37H28N2O6/c1-2-19-43-28-14-8-5-11-25(28)34(41)31-32(33(40)23-15-16-29-30(20-23)45-21-44-29)39-18-17-22-9-3-4-10-24(22)35(39)37(31)26-12-6-7-13-27(26)38-36(37)42/h2-18,20,31-32,35H,1,19,21H2,(H,38,42)/t31-,32-,35+,37+/m0/s1. The minimum absolute atomic E-state index is 0.0623. The lowest BCUT2D eigenvalue weighted by atomic mass is 9.62. The molecule has 1 fully saturated rings. The number of ether oxygens (including phenoxy) is 3. The number of hydrogen-bond acceptors (Lipinski definition) is 7. The SMILES string of the molecule is C=CCOc1ccccc1C(=O)[C@@H]1[C@@H](C(=O)c2ccc3c(c2)OCO3)N2C=Cc3ccccc3[C@@H]2[C@]12C(=O)Nc1ccccc12. The minimum Gasteiger partial charge on any atom is -0.489 e. The van der Waals surface area contributed by atoms with Crippen LogP contribution in [0.3, 0.4) is 0 Å². The Hall–Kier alpha value is -5.63. The Morgan fingerprint density at radius 3 is 2.62 bits per heavy atom. The molecule has 4 aromatic rings. The molecule has 1 N–H and O–H groups in total. The van der Waals surface area contributed by atoms with Gasteiger partial charge in [-0.3, -0.25) is 14.4 Å². The molecule has 0 radical (unpaired) electrons. The molecule has 8 heteroatoms. The fraction of sp³-hybridized carbons (Fsp3) is 0.162. The first-order valence-corrected chi connectivity index (χ1v) is 14.8. The molecule has 4 aliphatic heterocycles. The number of fused-ring (bicyclic) bond motifs is 7. The van der Waals surface area contributed by atoms with Crippen LogP contribution in [0.4, 0.5) is 5.69 Å². The van der Waals surface area contributed by atoms with Crippen LogP contribution in [0.1, 0.15) is 43.4 Å². The normalized spacial score (nSPS) is 23.2. The second-order valence-electron chi connectivity index (χ2n) is 11.5. The average Bonchev–Trinajstić information content (AvgIpc) is 3.76. The maximum Gasteiger partial charge on any atom is 0.238 e. The van der Waals surface area contributed by atoms with E-state index in [-0.39, 0.29) is 30.9 Å². The topological polar surface area (TPSA) is 94.2 Å². The van der Waals surface area contributed by atoms with Crippen molar-refractivity contribution in [2.75, 3.05) is 18.7 Å². The van der Waals surface area contributed by atoms with Crippen molar-refractivity contribution in [3.8, 4) is 17.2 Å². The molecule has 0 saturated carbocycles. The van der Waals surface area contributed by atoms with Gasteiger partial charge in [-0.05, 0) is 59.2 Å². The first kappa shape index (κ1) is 27.0. The molecule has 4 aromatic carbocycles. The lowest BCUT2D eigenvalue weighted by Crippen LogP contribution is -2.49. The Morgan fingerprint density at radius 2 is 1.73 bits per heavy atom. The lowest BCUT2D eigenvalue weighted by Gasteiger charge is -2.38. The number of carbonyl (C=O) groups is 3. The first-order valence-electron chi connectivity index (χ1n) is 14.8. The zero-order valence-corrected chi connectivity index (χ0v) is 24.1. The van der Waals surface area contributed by atoms with E-state index in [9.17, 15) is 9.59 Å². The number of amides is 1. The van der Waals surface area contributed by atoms with Gasteiger partial charge < -0.3 is 24.4 Å². The number of Topliss-reactive ketones (excluding diaryl/α,β-unsaturated/α-hetero) is 2. The monoisotopic (exact) mass is 596 g/mol. The largest absolute Gasteiger partial charge is 0.489 e. The highest BCUT2D eigenvalue weighted by Crippen LogP contribution is 2.62. The molecule has 1 amide bonds. The van der Waals surface area contributed by atoms with Crippen molar-refractivity contribution in [3.05, 3.63) is 138 Å². The zero-order valence-electron chi connectivity index (χ0n) is 24.1. The molecule has 8 rings (SSSR count). The van der Waals surface area contributed by atoms with Crippen LogP contribution in [0.15, 0.2) is 110 Å². The van der Waals surface area contributed by atoms with Crippen molar-refractivity contribution in [2.45, 2.75) is 17.5 Å². The van der Waals surface area contributed by atoms with Crippen LogP contribution in [-0.2, 0) is 10.2 Å². The summed E-state index contributed by atoms with van der Waals surface area (Å²) in [6.07, 6.45) is 5.39. The number of rotatable bonds is 7. The molecule has 0 aromatic heterocycles. The van der Waals surface area contributed by atoms with Crippen molar-refractivity contribution >= 4 is 29.2 Å². The molecule has 8 nitrogen and oxygen atoms in total. The van der Waals surface area contributed by atoms with E-state index in [1.54, 1.807) is 48.5 Å². The summed E-state index contributed by atoms with van der Waals surface area (Å²) in [5.74, 6) is -0.760. The van der Waals surface area contributed by atoms with E-state index in [0.717, 1.165) is 11.1 Å². The number of nitrogens with one attached hydrogen (secondary N) is 1. The van der Waals surface area contributed by atoms with E-state index < -0.39 is 23.4 Å². The third-order valence-corrected chi connectivity index (χ3v) is 9.29. The highest BCUT2D eigenvalue weighted by molar-refractivity contribution is 6.17. The maximum absolute atomic E-state index is 15.2. The first-order chi connectivity index (χ1) is 22.0. The summed E-state index contributed by atoms with van der Waals surface area (Å²) in [5.41, 5.74) is 2.29. The van der Waals surface area contributed by atoms with Crippen LogP contribution in [0.2, 0.25) is 0 Å². The highest BCUT2D eigenvalue weighted by Gasteiger charge is 2.71. The molecular weight excluding hydrogens is 568 g/mol. The van der Waals surface area contributed by atoms with Crippen molar-refractivity contribution in [3.63, 3.8) is 0 Å². The van der Waals surface area contributed by atoms with E-state index in [0.29, 0.717) is 39.6 Å². The van der Waals surface area contributed by atoms with Crippen LogP contribution < -0.4 is 19.5 Å². The van der Waals surface area contributed by atoms with Gasteiger partial charge in [0.2, 0.25) is 12.7 Å². The number of anilines is 1. The number of carbonyl (C=O) groups excluding carboxylic acids is 3. The third-order valence-electron chi connectivity index (χ3n) is 9.29. The van der Waals surface area contributed by atoms with Crippen LogP contribution in [0.5, 0.6) is 17.2 Å². The van der Waals surface area contributed by atoms with Gasteiger partial charge in [-0.15, -0.1) is 0 Å². The van der Waals surface area contributed by atoms with E-state index in [1.807, 2.05) is 65.7 Å². The number of para-hydroxylation sites is 2. The van der Waals surface area contributed by atoms with Gasteiger partial charge in [0.15, 0.2) is 23.1 Å². The fourth-order valence-electron chi connectivity index (χ4n) is 7.50. The Morgan fingerprint density at radius 1 is 0.956 bits per heavy atom. The van der Waals surface area contributed by atoms with Gasteiger partial charge in [-0.25, -0.2) is 0 Å². The maximum atomic E-state index is 15.2. The summed E-state index contributed by atoms with van der Waals surface area (Å²) in [6, 6.07) is 25.6. The van der Waals surface area contributed by atoms with Crippen molar-refractivity contribution in [1.82, 2.24) is 4.90 Å². The van der Waals surface area contributed by atoms with E-state index in [2.05, 4.69) is 11.9 Å². The second kappa shape index (κ2) is 10.2. The minimum atomic E-state index is -1.45. The van der Waals surface area contributed by atoms with Crippen molar-refractivity contribution < 1.29 is 28.6 Å². The van der Waals surface area contributed by atoms with Crippen molar-refractivity contribution in [2.24, 2.45) is 5.92 Å². The second-order valence-corrected chi connectivity index (χ2v) is 11.5. The smallest absolute Gasteiger partial charge is 0.238 e. The van der Waals surface area contributed by atoms with Gasteiger partial charge >= 0.3 is 0 Å². The van der Waals surface area contributed by atoms with E-state index in [4.69, 9.17) is 14.2 Å². The van der Waals surface area contributed by atoms with Gasteiger partial charge in [0.1, 0.15) is 23.8 Å². The molecule has 222 valence electrons. The molecule has 4 aliphatic rings. The van der Waals surface area contributed by atoms with Gasteiger partial charge in [-0.1, -0.05) is 67.3 Å². The summed E-state index contributed by atoms with van der Waals surface area (Å²) in [7, 11) is 0. The fourth-order valence-corrected chi connectivity index (χ4v) is 7.50. The van der Waals surface area contributed by atoms with Gasteiger partial charge in [0, 0.05) is 17.5 Å². The van der Waals surface area contributed by atoms with E-state index >= 15 is 4.79 Å². The highest BCUT2D eigenvalue weighted by atomic mass is 16.7. The molecule has 0 unspecified atom stereocenters. The zero-order chi connectivity index (χ0) is 30.7. The van der Waals surface area contributed by atoms with Crippen LogP contribution >= 0.6 is 0 Å². The molecule has 1 saturated heterocycles. The summed E-state index contributed by atoms with van der Waals surface area (Å²) < 4.78 is 17.0. The molecule has 1 spiro atoms. The Labute approximate surface area is 259 Å². The molecule has 4 heterocycles. The number of nitrogens with zero attached hydrogens (tertiary/aromatic N) is 1. The summed E-state index contributed by atoms with van der Waals surface area (Å²) in [4.78, 5) is 46.7. The number of hydrogen-bond donors (Lipinski definition) is 1. The molecule has 0 aliphatic carbocycles. The molecular formula is C37H28N2O6. The Balaban J connectivity index is 1.40. The lowest BCUT2D eigenvalue weighted by molar-refractivity contribution is -0.122. The molecule has 45 heavy (non-hydrogen) atoms. The van der Waals surface area contributed by atoms with Gasteiger partial charge in [0.05, 0.1) is 17.5 Å². The summed E-state index contributed by atoms with van der Waals surface area (Å²) in [5, 5.41) is 3.08. The van der Waals surface area contributed by atoms with E-state index in [1.165, 1.54) is 0 Å². The molecule has 0 bridgehead atoms. The van der Waals surface area contributed by atoms with Gasteiger partial charge in [-0.2, -0.15) is 0 Å². The predicted molar refractivity (Wildman–Crippen MR) is 167 cm³/mol. The summed E-state index contributed by atoms with van der Waals surface area (Å²) >= 11 is 0. The van der Waals surface area contributed by atoms with Crippen LogP contribution in [-0.4, -0.2) is 41.8 Å². The third kappa shape index (κ3) is 3.81. The number of benzene rings is 4. The number of ketones is 2. The van der Waals surface area contributed by atoms with Gasteiger partial charge in [0.25, 0.3) is 0 Å². The Kier molecular flexibility index (Phi) is 6.13. The quantitative estimate of drug-likeness (QED) is 0.208.